The predicted octanol–water partition coefficient (Wildman–Crippen LogP) is 2.56. The molecule has 2 unspecified atom stereocenters. The fourth-order valence-corrected chi connectivity index (χ4v) is 2.63. The first kappa shape index (κ1) is 13.0. The SMILES string of the molecule is CC(=O)CCOC1c2cccnc2-c2ccnn2C1C. The first-order valence-electron chi connectivity index (χ1n) is 6.78. The van der Waals surface area contributed by atoms with Gasteiger partial charge >= 0.3 is 0 Å². The van der Waals surface area contributed by atoms with Crippen LogP contribution in [0.4, 0.5) is 0 Å². The Labute approximate surface area is 117 Å². The monoisotopic (exact) mass is 271 g/mol. The van der Waals surface area contributed by atoms with Gasteiger partial charge in [-0.25, -0.2) is 0 Å². The van der Waals surface area contributed by atoms with Gasteiger partial charge in [-0.15, -0.1) is 0 Å². The molecule has 0 spiro atoms. The van der Waals surface area contributed by atoms with Gasteiger partial charge in [0, 0.05) is 24.4 Å². The molecule has 1 aliphatic heterocycles. The second-order valence-electron chi connectivity index (χ2n) is 5.09. The molecular weight excluding hydrogens is 254 g/mol. The summed E-state index contributed by atoms with van der Waals surface area (Å²) in [7, 11) is 0. The van der Waals surface area contributed by atoms with E-state index in [1.165, 1.54) is 0 Å². The minimum Gasteiger partial charge on any atom is -0.371 e. The Morgan fingerprint density at radius 3 is 3.05 bits per heavy atom. The fraction of sp³-hybridized carbons (Fsp3) is 0.400. The van der Waals surface area contributed by atoms with Gasteiger partial charge in [0.05, 0.1) is 24.0 Å². The highest BCUT2D eigenvalue weighted by atomic mass is 16.5. The third-order valence-corrected chi connectivity index (χ3v) is 3.63. The largest absolute Gasteiger partial charge is 0.371 e. The molecule has 0 fully saturated rings. The molecule has 0 aromatic carbocycles. The number of carbonyl (C=O) groups is 1. The van der Waals surface area contributed by atoms with Gasteiger partial charge in [-0.2, -0.15) is 5.10 Å². The third kappa shape index (κ3) is 2.14. The Bertz CT molecular complexity index is 636. The number of hydrogen-bond donors (Lipinski definition) is 0. The van der Waals surface area contributed by atoms with Gasteiger partial charge in [-0.1, -0.05) is 6.07 Å². The molecule has 0 bridgehead atoms. The Kier molecular flexibility index (Phi) is 3.36. The number of ketones is 1. The molecule has 3 rings (SSSR count). The van der Waals surface area contributed by atoms with E-state index in [-0.39, 0.29) is 17.9 Å². The highest BCUT2D eigenvalue weighted by molar-refractivity contribution is 5.75. The highest BCUT2D eigenvalue weighted by Gasteiger charge is 2.32. The lowest BCUT2D eigenvalue weighted by atomic mass is 9.96. The van der Waals surface area contributed by atoms with Crippen LogP contribution in [0.1, 0.15) is 38.0 Å². The number of fused-ring (bicyclic) bond motifs is 3. The molecule has 2 aromatic rings. The van der Waals surface area contributed by atoms with Crippen molar-refractivity contribution in [3.63, 3.8) is 0 Å². The number of hydrogen-bond acceptors (Lipinski definition) is 4. The van der Waals surface area contributed by atoms with Crippen LogP contribution in [-0.2, 0) is 9.53 Å². The van der Waals surface area contributed by atoms with Crippen LogP contribution in [0.15, 0.2) is 30.6 Å². The normalized spacial score (nSPS) is 20.3. The summed E-state index contributed by atoms with van der Waals surface area (Å²) >= 11 is 0. The zero-order chi connectivity index (χ0) is 14.1. The topological polar surface area (TPSA) is 57.0 Å². The van der Waals surface area contributed by atoms with Crippen molar-refractivity contribution in [2.24, 2.45) is 0 Å². The average Bonchev–Trinajstić information content (AvgIpc) is 2.92. The van der Waals surface area contributed by atoms with Gasteiger partial charge < -0.3 is 4.74 Å². The molecule has 0 aliphatic carbocycles. The Morgan fingerprint density at radius 2 is 2.25 bits per heavy atom. The lowest BCUT2D eigenvalue weighted by Gasteiger charge is -2.31. The van der Waals surface area contributed by atoms with E-state index in [0.717, 1.165) is 17.0 Å². The summed E-state index contributed by atoms with van der Waals surface area (Å²) in [6.07, 6.45) is 3.87. The summed E-state index contributed by atoms with van der Waals surface area (Å²) in [5.74, 6) is 0.139. The van der Waals surface area contributed by atoms with Crippen molar-refractivity contribution in [2.45, 2.75) is 32.4 Å². The van der Waals surface area contributed by atoms with Crippen LogP contribution in [0, 0.1) is 0 Å². The number of ether oxygens (including phenoxy) is 1. The van der Waals surface area contributed by atoms with Crippen molar-refractivity contribution in [1.82, 2.24) is 14.8 Å². The number of pyridine rings is 1. The highest BCUT2D eigenvalue weighted by Crippen LogP contribution is 2.41. The molecule has 0 radical (unpaired) electrons. The van der Waals surface area contributed by atoms with E-state index in [1.54, 1.807) is 19.3 Å². The van der Waals surface area contributed by atoms with Crippen molar-refractivity contribution in [3.8, 4) is 11.4 Å². The summed E-state index contributed by atoms with van der Waals surface area (Å²) < 4.78 is 7.88. The quantitative estimate of drug-likeness (QED) is 0.857. The molecule has 20 heavy (non-hydrogen) atoms. The number of aromatic nitrogens is 3. The third-order valence-electron chi connectivity index (χ3n) is 3.63. The summed E-state index contributed by atoms with van der Waals surface area (Å²) in [4.78, 5) is 15.5. The lowest BCUT2D eigenvalue weighted by Crippen LogP contribution is -2.25. The van der Waals surface area contributed by atoms with Crippen molar-refractivity contribution >= 4 is 5.78 Å². The minimum atomic E-state index is -0.120. The zero-order valence-corrected chi connectivity index (χ0v) is 11.6. The molecule has 0 amide bonds. The first-order chi connectivity index (χ1) is 9.68. The molecule has 5 nitrogen and oxygen atoms in total. The van der Waals surface area contributed by atoms with Crippen LogP contribution >= 0.6 is 0 Å². The number of Topliss-reactive ketones (excluding diaryl/α,β-unsaturated/α-hetero) is 1. The smallest absolute Gasteiger partial charge is 0.132 e. The number of rotatable bonds is 4. The summed E-state index contributed by atoms with van der Waals surface area (Å²) in [5, 5.41) is 4.36. The average molecular weight is 271 g/mol. The van der Waals surface area contributed by atoms with Crippen LogP contribution < -0.4 is 0 Å². The minimum absolute atomic E-state index is 0.0867. The molecule has 0 N–H and O–H groups in total. The van der Waals surface area contributed by atoms with E-state index in [1.807, 2.05) is 22.9 Å². The second kappa shape index (κ2) is 5.17. The van der Waals surface area contributed by atoms with E-state index in [9.17, 15) is 4.79 Å². The van der Waals surface area contributed by atoms with Crippen LogP contribution in [0.25, 0.3) is 11.4 Å². The molecule has 0 saturated carbocycles. The standard InChI is InChI=1S/C15H17N3O2/c1-10(19)6-9-20-15-11(2)18-13(5-8-17-18)14-12(15)4-3-7-16-14/h3-5,7-8,11,15H,6,9H2,1-2H3. The zero-order valence-electron chi connectivity index (χ0n) is 11.6. The molecule has 2 aromatic heterocycles. The molecule has 1 aliphatic rings. The van der Waals surface area contributed by atoms with Gasteiger partial charge in [-0.05, 0) is 26.0 Å². The number of nitrogens with zero attached hydrogens (tertiary/aromatic N) is 3. The van der Waals surface area contributed by atoms with Crippen LogP contribution in [0.3, 0.4) is 0 Å². The van der Waals surface area contributed by atoms with Crippen LogP contribution in [-0.4, -0.2) is 27.2 Å². The first-order valence-corrected chi connectivity index (χ1v) is 6.78. The van der Waals surface area contributed by atoms with Gasteiger partial charge in [0.1, 0.15) is 11.9 Å². The van der Waals surface area contributed by atoms with Gasteiger partial charge in [0.15, 0.2) is 0 Å². The number of carbonyl (C=O) groups excluding carboxylic acids is 1. The Hall–Kier alpha value is -2.01. The van der Waals surface area contributed by atoms with E-state index in [0.29, 0.717) is 13.0 Å². The lowest BCUT2D eigenvalue weighted by molar-refractivity contribution is -0.118. The summed E-state index contributed by atoms with van der Waals surface area (Å²) in [6, 6.07) is 6.00. The predicted molar refractivity (Wildman–Crippen MR) is 74.2 cm³/mol. The maximum Gasteiger partial charge on any atom is 0.132 e. The van der Waals surface area contributed by atoms with Crippen molar-refractivity contribution in [1.29, 1.82) is 0 Å². The van der Waals surface area contributed by atoms with E-state index in [4.69, 9.17) is 4.74 Å². The Balaban J connectivity index is 1.93. The Morgan fingerprint density at radius 1 is 1.40 bits per heavy atom. The van der Waals surface area contributed by atoms with E-state index in [2.05, 4.69) is 17.0 Å². The van der Waals surface area contributed by atoms with Crippen molar-refractivity contribution < 1.29 is 9.53 Å². The van der Waals surface area contributed by atoms with Crippen LogP contribution in [0.5, 0.6) is 0 Å². The molecule has 3 heterocycles. The maximum absolute atomic E-state index is 11.1. The molecular formula is C15H17N3O2. The van der Waals surface area contributed by atoms with Gasteiger partial charge in [-0.3, -0.25) is 14.5 Å². The molecule has 104 valence electrons. The fourth-order valence-electron chi connectivity index (χ4n) is 2.63. The van der Waals surface area contributed by atoms with Crippen LogP contribution in [0.2, 0.25) is 0 Å². The van der Waals surface area contributed by atoms with Crippen molar-refractivity contribution in [3.05, 3.63) is 36.2 Å². The van der Waals surface area contributed by atoms with Gasteiger partial charge in [0.2, 0.25) is 0 Å². The maximum atomic E-state index is 11.1. The summed E-state index contributed by atoms with van der Waals surface area (Å²) in [6.45, 7) is 4.08. The summed E-state index contributed by atoms with van der Waals surface area (Å²) in [5.41, 5.74) is 2.99. The molecule has 2 atom stereocenters. The molecule has 5 heteroatoms. The molecule has 0 saturated heterocycles. The van der Waals surface area contributed by atoms with E-state index < -0.39 is 0 Å². The second-order valence-corrected chi connectivity index (χ2v) is 5.09. The van der Waals surface area contributed by atoms with Crippen molar-refractivity contribution in [2.75, 3.05) is 6.61 Å². The van der Waals surface area contributed by atoms with E-state index >= 15 is 0 Å². The van der Waals surface area contributed by atoms with Gasteiger partial charge in [0.25, 0.3) is 0 Å².